The van der Waals surface area contributed by atoms with Gasteiger partial charge < -0.3 is 10.3 Å². The summed E-state index contributed by atoms with van der Waals surface area (Å²) in [6, 6.07) is 1.77. The predicted octanol–water partition coefficient (Wildman–Crippen LogP) is 3.11. The zero-order valence-corrected chi connectivity index (χ0v) is 11.9. The Hall–Kier alpha value is -1.17. The monoisotopic (exact) mass is 300 g/mol. The molecule has 0 radical (unpaired) electrons. The molecule has 0 fully saturated rings. The normalized spacial score (nSPS) is 12.6. The largest absolute Gasteiger partial charge is 0.339 e. The SMILES string of the molecule is CC(N)CCCc1nc(-c2ncc(Cl)cc2Cl)no1. The Labute approximate surface area is 121 Å². The fraction of sp³-hybridized carbons (Fsp3) is 0.417. The molecule has 102 valence electrons. The highest BCUT2D eigenvalue weighted by Gasteiger charge is 2.13. The number of hydrogen-bond acceptors (Lipinski definition) is 5. The standard InChI is InChI=1S/C12H14Cl2N4O/c1-7(15)3-2-4-10-17-12(18-19-10)11-9(14)5-8(13)6-16-11/h5-7H,2-4,15H2,1H3. The molecule has 1 atom stereocenters. The van der Waals surface area contributed by atoms with Crippen LogP contribution in [0.1, 0.15) is 25.7 Å². The Kier molecular flexibility index (Phi) is 4.74. The molecule has 2 N–H and O–H groups in total. The summed E-state index contributed by atoms with van der Waals surface area (Å²) in [5, 5.41) is 4.73. The zero-order valence-electron chi connectivity index (χ0n) is 10.4. The van der Waals surface area contributed by atoms with Gasteiger partial charge in [-0.3, -0.25) is 0 Å². The Morgan fingerprint density at radius 1 is 1.42 bits per heavy atom. The molecule has 2 aromatic rings. The van der Waals surface area contributed by atoms with Gasteiger partial charge in [0, 0.05) is 18.7 Å². The lowest BCUT2D eigenvalue weighted by Gasteiger charge is -2.01. The van der Waals surface area contributed by atoms with Crippen molar-refractivity contribution in [3.05, 3.63) is 28.2 Å². The fourth-order valence-electron chi connectivity index (χ4n) is 1.61. The van der Waals surface area contributed by atoms with Gasteiger partial charge in [-0.05, 0) is 25.8 Å². The minimum atomic E-state index is 0.176. The first kappa shape index (κ1) is 14.2. The number of nitrogens with zero attached hydrogens (tertiary/aromatic N) is 3. The lowest BCUT2D eigenvalue weighted by Crippen LogP contribution is -2.14. The van der Waals surface area contributed by atoms with E-state index in [0.717, 1.165) is 12.8 Å². The van der Waals surface area contributed by atoms with E-state index in [0.29, 0.717) is 33.9 Å². The zero-order chi connectivity index (χ0) is 13.8. The molecule has 5 nitrogen and oxygen atoms in total. The van der Waals surface area contributed by atoms with E-state index in [1.54, 1.807) is 6.07 Å². The van der Waals surface area contributed by atoms with Gasteiger partial charge in [0.2, 0.25) is 11.7 Å². The smallest absolute Gasteiger partial charge is 0.227 e. The summed E-state index contributed by atoms with van der Waals surface area (Å²) in [5.74, 6) is 0.931. The van der Waals surface area contributed by atoms with Crippen LogP contribution in [0, 0.1) is 0 Å². The first-order valence-corrected chi connectivity index (χ1v) is 6.71. The van der Waals surface area contributed by atoms with Gasteiger partial charge in [0.15, 0.2) is 0 Å². The molecular formula is C12H14Cl2N4O. The molecule has 0 saturated carbocycles. The van der Waals surface area contributed by atoms with E-state index in [4.69, 9.17) is 33.5 Å². The van der Waals surface area contributed by atoms with Crippen LogP contribution in [0.5, 0.6) is 0 Å². The molecule has 7 heteroatoms. The van der Waals surface area contributed by atoms with Crippen LogP contribution in [0.25, 0.3) is 11.5 Å². The number of halogens is 2. The molecule has 0 spiro atoms. The molecule has 0 bridgehead atoms. The van der Waals surface area contributed by atoms with Crippen LogP contribution in [0.15, 0.2) is 16.8 Å². The van der Waals surface area contributed by atoms with Gasteiger partial charge in [-0.2, -0.15) is 4.98 Å². The van der Waals surface area contributed by atoms with Crippen molar-refractivity contribution in [2.75, 3.05) is 0 Å². The summed E-state index contributed by atoms with van der Waals surface area (Å²) in [6.45, 7) is 1.97. The first-order chi connectivity index (χ1) is 9.06. The number of rotatable bonds is 5. The predicted molar refractivity (Wildman–Crippen MR) is 74.1 cm³/mol. The van der Waals surface area contributed by atoms with E-state index in [1.807, 2.05) is 6.92 Å². The number of aryl methyl sites for hydroxylation is 1. The lowest BCUT2D eigenvalue weighted by atomic mass is 10.1. The van der Waals surface area contributed by atoms with E-state index in [1.165, 1.54) is 6.20 Å². The van der Waals surface area contributed by atoms with Gasteiger partial charge in [-0.15, -0.1) is 0 Å². The van der Waals surface area contributed by atoms with Crippen molar-refractivity contribution in [1.29, 1.82) is 0 Å². The molecule has 2 heterocycles. The first-order valence-electron chi connectivity index (χ1n) is 5.96. The van der Waals surface area contributed by atoms with E-state index >= 15 is 0 Å². The second-order valence-electron chi connectivity index (χ2n) is 4.37. The molecule has 0 aliphatic carbocycles. The molecule has 0 aliphatic rings. The number of nitrogens with two attached hydrogens (primary N) is 1. The maximum atomic E-state index is 6.03. The highest BCUT2D eigenvalue weighted by molar-refractivity contribution is 6.35. The Bertz CT molecular complexity index is 556. The summed E-state index contributed by atoms with van der Waals surface area (Å²) in [4.78, 5) is 8.36. The highest BCUT2D eigenvalue weighted by Crippen LogP contribution is 2.25. The number of hydrogen-bond donors (Lipinski definition) is 1. The van der Waals surface area contributed by atoms with Gasteiger partial charge >= 0.3 is 0 Å². The fourth-order valence-corrected chi connectivity index (χ4v) is 2.07. The van der Waals surface area contributed by atoms with Crippen molar-refractivity contribution in [3.8, 4) is 11.5 Å². The van der Waals surface area contributed by atoms with Crippen LogP contribution in [0.4, 0.5) is 0 Å². The molecule has 0 aromatic carbocycles. The maximum absolute atomic E-state index is 6.03. The number of aromatic nitrogens is 3. The minimum absolute atomic E-state index is 0.176. The number of pyridine rings is 1. The van der Waals surface area contributed by atoms with E-state index in [-0.39, 0.29) is 6.04 Å². The second-order valence-corrected chi connectivity index (χ2v) is 5.21. The van der Waals surface area contributed by atoms with E-state index in [2.05, 4.69) is 15.1 Å². The molecule has 1 unspecified atom stereocenters. The van der Waals surface area contributed by atoms with E-state index < -0.39 is 0 Å². The summed E-state index contributed by atoms with van der Waals surface area (Å²) in [6.07, 6.45) is 4.01. The third-order valence-corrected chi connectivity index (χ3v) is 3.03. The van der Waals surface area contributed by atoms with Gasteiger partial charge in [-0.1, -0.05) is 28.4 Å². The van der Waals surface area contributed by atoms with Gasteiger partial charge in [0.1, 0.15) is 5.69 Å². The summed E-state index contributed by atoms with van der Waals surface area (Å²) < 4.78 is 5.15. The van der Waals surface area contributed by atoms with Crippen molar-refractivity contribution < 1.29 is 4.52 Å². The molecule has 2 rings (SSSR count). The van der Waals surface area contributed by atoms with Crippen molar-refractivity contribution >= 4 is 23.2 Å². The molecule has 0 amide bonds. The summed E-state index contributed by atoms with van der Waals surface area (Å²) in [7, 11) is 0. The van der Waals surface area contributed by atoms with Crippen LogP contribution >= 0.6 is 23.2 Å². The molecule has 19 heavy (non-hydrogen) atoms. The van der Waals surface area contributed by atoms with Crippen LogP contribution < -0.4 is 5.73 Å². The third kappa shape index (κ3) is 3.89. The minimum Gasteiger partial charge on any atom is -0.339 e. The van der Waals surface area contributed by atoms with Crippen LogP contribution in [-0.2, 0) is 6.42 Å². The second kappa shape index (κ2) is 6.32. The van der Waals surface area contributed by atoms with Crippen molar-refractivity contribution in [2.24, 2.45) is 5.73 Å². The summed E-state index contributed by atoms with van der Waals surface area (Å²) in [5.41, 5.74) is 6.15. The molecule has 0 saturated heterocycles. The Balaban J connectivity index is 2.08. The van der Waals surface area contributed by atoms with Gasteiger partial charge in [-0.25, -0.2) is 4.98 Å². The molecular weight excluding hydrogens is 287 g/mol. The van der Waals surface area contributed by atoms with Crippen LogP contribution in [0.3, 0.4) is 0 Å². The van der Waals surface area contributed by atoms with Crippen LogP contribution in [0.2, 0.25) is 10.0 Å². The Morgan fingerprint density at radius 3 is 2.89 bits per heavy atom. The molecule has 2 aromatic heterocycles. The highest BCUT2D eigenvalue weighted by atomic mass is 35.5. The van der Waals surface area contributed by atoms with Crippen molar-refractivity contribution in [3.63, 3.8) is 0 Å². The van der Waals surface area contributed by atoms with Gasteiger partial charge in [0.05, 0.1) is 10.0 Å². The summed E-state index contributed by atoms with van der Waals surface area (Å²) >= 11 is 11.8. The Morgan fingerprint density at radius 2 is 2.21 bits per heavy atom. The lowest BCUT2D eigenvalue weighted by molar-refractivity contribution is 0.373. The average Bonchev–Trinajstić information content (AvgIpc) is 2.77. The van der Waals surface area contributed by atoms with Gasteiger partial charge in [0.25, 0.3) is 0 Å². The quantitative estimate of drug-likeness (QED) is 0.918. The van der Waals surface area contributed by atoms with Crippen LogP contribution in [-0.4, -0.2) is 21.2 Å². The topological polar surface area (TPSA) is 77.8 Å². The third-order valence-electron chi connectivity index (χ3n) is 2.54. The average molecular weight is 301 g/mol. The molecule has 0 aliphatic heterocycles. The van der Waals surface area contributed by atoms with E-state index in [9.17, 15) is 0 Å². The van der Waals surface area contributed by atoms with Crippen molar-refractivity contribution in [1.82, 2.24) is 15.1 Å². The van der Waals surface area contributed by atoms with Crippen molar-refractivity contribution in [2.45, 2.75) is 32.2 Å². The maximum Gasteiger partial charge on any atom is 0.227 e.